The summed E-state index contributed by atoms with van der Waals surface area (Å²) in [5, 5.41) is 3.49. The zero-order chi connectivity index (χ0) is 15.4. The molecule has 3 rings (SSSR count). The van der Waals surface area contributed by atoms with Crippen molar-refractivity contribution in [3.63, 3.8) is 0 Å². The van der Waals surface area contributed by atoms with E-state index in [-0.39, 0.29) is 12.5 Å². The highest BCUT2D eigenvalue weighted by atomic mass is 16.5. The molecule has 1 amide bonds. The quantitative estimate of drug-likeness (QED) is 0.930. The third kappa shape index (κ3) is 3.80. The molecule has 0 aliphatic carbocycles. The van der Waals surface area contributed by atoms with Gasteiger partial charge in [-0.2, -0.15) is 0 Å². The van der Waals surface area contributed by atoms with Gasteiger partial charge in [0.25, 0.3) is 5.91 Å². The molecule has 2 aliphatic heterocycles. The molecule has 0 bridgehead atoms. The van der Waals surface area contributed by atoms with Crippen molar-refractivity contribution < 1.29 is 9.53 Å². The Morgan fingerprint density at radius 3 is 2.59 bits per heavy atom. The van der Waals surface area contributed by atoms with Crippen molar-refractivity contribution in [3.05, 3.63) is 29.8 Å². The Kier molecular flexibility index (Phi) is 4.98. The molecule has 2 aliphatic rings. The van der Waals surface area contributed by atoms with Crippen LogP contribution < -0.4 is 10.1 Å². The fourth-order valence-electron chi connectivity index (χ4n) is 3.26. The monoisotopic (exact) mass is 302 g/mol. The number of ether oxygens (including phenoxy) is 1. The Hall–Kier alpha value is -1.55. The second-order valence-electron chi connectivity index (χ2n) is 6.57. The van der Waals surface area contributed by atoms with Gasteiger partial charge in [0.05, 0.1) is 0 Å². The second-order valence-corrected chi connectivity index (χ2v) is 6.57. The minimum Gasteiger partial charge on any atom is -0.484 e. The summed E-state index contributed by atoms with van der Waals surface area (Å²) < 4.78 is 5.65. The Morgan fingerprint density at radius 2 is 1.95 bits per heavy atom. The van der Waals surface area contributed by atoms with Crippen molar-refractivity contribution in [2.24, 2.45) is 5.92 Å². The third-order valence-corrected chi connectivity index (χ3v) is 4.84. The van der Waals surface area contributed by atoms with Crippen LogP contribution in [0.3, 0.4) is 0 Å². The Labute approximate surface area is 132 Å². The van der Waals surface area contributed by atoms with Gasteiger partial charge >= 0.3 is 0 Å². The minimum atomic E-state index is 0.105. The van der Waals surface area contributed by atoms with E-state index in [9.17, 15) is 4.79 Å². The molecule has 1 unspecified atom stereocenters. The molecule has 1 aromatic rings. The predicted molar refractivity (Wildman–Crippen MR) is 86.9 cm³/mol. The average molecular weight is 302 g/mol. The van der Waals surface area contributed by atoms with Gasteiger partial charge in [-0.3, -0.25) is 4.79 Å². The van der Waals surface area contributed by atoms with Crippen LogP contribution >= 0.6 is 0 Å². The molecule has 22 heavy (non-hydrogen) atoms. The normalized spacial score (nSPS) is 22.8. The van der Waals surface area contributed by atoms with E-state index in [2.05, 4.69) is 24.4 Å². The molecular weight excluding hydrogens is 276 g/mol. The molecular formula is C18H26N2O2. The van der Waals surface area contributed by atoms with Gasteiger partial charge in [-0.25, -0.2) is 0 Å². The van der Waals surface area contributed by atoms with Crippen molar-refractivity contribution in [1.29, 1.82) is 0 Å². The number of nitrogens with zero attached hydrogens (tertiary/aromatic N) is 1. The lowest BCUT2D eigenvalue weighted by atomic mass is 9.99. The molecule has 0 spiro atoms. The maximum absolute atomic E-state index is 12.1. The predicted octanol–water partition coefficient (Wildman–Crippen LogP) is 2.75. The number of amides is 1. The fraction of sp³-hybridized carbons (Fsp3) is 0.611. The zero-order valence-electron chi connectivity index (χ0n) is 13.4. The van der Waals surface area contributed by atoms with E-state index >= 15 is 0 Å². The number of benzene rings is 1. The number of likely N-dealkylation sites (tertiary alicyclic amines) is 1. The van der Waals surface area contributed by atoms with Crippen molar-refractivity contribution in [2.75, 3.05) is 26.2 Å². The van der Waals surface area contributed by atoms with Crippen LogP contribution in [0.5, 0.6) is 5.75 Å². The summed E-state index contributed by atoms with van der Waals surface area (Å²) in [5.74, 6) is 1.62. The number of carbonyl (C=O) groups is 1. The summed E-state index contributed by atoms with van der Waals surface area (Å²) in [6, 6.07) is 8.63. The van der Waals surface area contributed by atoms with E-state index in [1.165, 1.54) is 18.4 Å². The molecule has 0 aromatic heterocycles. The SMILES string of the molecule is CC1CCN(C(=O)COc2ccc(C3CCCN3)cc2)CC1. The number of rotatable bonds is 4. The van der Waals surface area contributed by atoms with Crippen LogP contribution in [0.25, 0.3) is 0 Å². The molecule has 2 saturated heterocycles. The molecule has 2 fully saturated rings. The van der Waals surface area contributed by atoms with Crippen molar-refractivity contribution in [3.8, 4) is 5.75 Å². The summed E-state index contributed by atoms with van der Waals surface area (Å²) >= 11 is 0. The molecule has 0 saturated carbocycles. The topological polar surface area (TPSA) is 41.6 Å². The Bertz CT molecular complexity index is 486. The van der Waals surface area contributed by atoms with E-state index in [4.69, 9.17) is 4.74 Å². The van der Waals surface area contributed by atoms with E-state index < -0.39 is 0 Å². The van der Waals surface area contributed by atoms with Crippen LogP contribution in [0, 0.1) is 5.92 Å². The highest BCUT2D eigenvalue weighted by Gasteiger charge is 2.20. The van der Waals surface area contributed by atoms with E-state index in [1.807, 2.05) is 17.0 Å². The molecule has 4 nitrogen and oxygen atoms in total. The van der Waals surface area contributed by atoms with Gasteiger partial charge in [-0.05, 0) is 55.8 Å². The van der Waals surface area contributed by atoms with Crippen molar-refractivity contribution in [2.45, 2.75) is 38.6 Å². The van der Waals surface area contributed by atoms with Gasteiger partial charge in [-0.1, -0.05) is 19.1 Å². The molecule has 1 N–H and O–H groups in total. The lowest BCUT2D eigenvalue weighted by Gasteiger charge is -2.30. The van der Waals surface area contributed by atoms with Gasteiger partial charge in [-0.15, -0.1) is 0 Å². The van der Waals surface area contributed by atoms with Crippen LogP contribution in [0.2, 0.25) is 0 Å². The Morgan fingerprint density at radius 1 is 1.23 bits per heavy atom. The number of hydrogen-bond acceptors (Lipinski definition) is 3. The van der Waals surface area contributed by atoms with Gasteiger partial charge < -0.3 is 15.0 Å². The highest BCUT2D eigenvalue weighted by Crippen LogP contribution is 2.24. The molecule has 4 heteroatoms. The minimum absolute atomic E-state index is 0.105. The first-order valence-electron chi connectivity index (χ1n) is 8.46. The summed E-state index contributed by atoms with van der Waals surface area (Å²) in [7, 11) is 0. The second kappa shape index (κ2) is 7.14. The smallest absolute Gasteiger partial charge is 0.260 e. The first-order valence-corrected chi connectivity index (χ1v) is 8.46. The zero-order valence-corrected chi connectivity index (χ0v) is 13.4. The summed E-state index contributed by atoms with van der Waals surface area (Å²) in [6.45, 7) is 5.24. The van der Waals surface area contributed by atoms with Crippen LogP contribution in [-0.4, -0.2) is 37.0 Å². The largest absolute Gasteiger partial charge is 0.484 e. The van der Waals surface area contributed by atoms with E-state index in [0.717, 1.165) is 44.1 Å². The van der Waals surface area contributed by atoms with E-state index in [0.29, 0.717) is 6.04 Å². The Balaban J connectivity index is 1.47. The summed E-state index contributed by atoms with van der Waals surface area (Å²) in [4.78, 5) is 14.1. The number of carbonyl (C=O) groups excluding carboxylic acids is 1. The fourth-order valence-corrected chi connectivity index (χ4v) is 3.26. The summed E-state index contributed by atoms with van der Waals surface area (Å²) in [5.41, 5.74) is 1.31. The highest BCUT2D eigenvalue weighted by molar-refractivity contribution is 5.77. The molecule has 1 atom stereocenters. The molecule has 1 aromatic carbocycles. The first-order chi connectivity index (χ1) is 10.7. The average Bonchev–Trinajstić information content (AvgIpc) is 3.08. The standard InChI is InChI=1S/C18H26N2O2/c1-14-8-11-20(12-9-14)18(21)13-22-16-6-4-15(5-7-16)17-3-2-10-19-17/h4-7,14,17,19H,2-3,8-13H2,1H3. The molecule has 2 heterocycles. The van der Waals surface area contributed by atoms with Crippen molar-refractivity contribution >= 4 is 5.91 Å². The van der Waals surface area contributed by atoms with Crippen LogP contribution in [0.1, 0.15) is 44.2 Å². The van der Waals surface area contributed by atoms with E-state index in [1.54, 1.807) is 0 Å². The molecule has 0 radical (unpaired) electrons. The maximum Gasteiger partial charge on any atom is 0.260 e. The first kappa shape index (κ1) is 15.3. The van der Waals surface area contributed by atoms with Gasteiger partial charge in [0.15, 0.2) is 6.61 Å². The lowest BCUT2D eigenvalue weighted by Crippen LogP contribution is -2.40. The lowest BCUT2D eigenvalue weighted by molar-refractivity contribution is -0.134. The van der Waals surface area contributed by atoms with Crippen LogP contribution in [0.4, 0.5) is 0 Å². The summed E-state index contributed by atoms with van der Waals surface area (Å²) in [6.07, 6.45) is 4.65. The maximum atomic E-state index is 12.1. The van der Waals surface area contributed by atoms with Gasteiger partial charge in [0, 0.05) is 19.1 Å². The number of hydrogen-bond donors (Lipinski definition) is 1. The number of nitrogens with one attached hydrogen (secondary N) is 1. The van der Waals surface area contributed by atoms with Crippen LogP contribution in [-0.2, 0) is 4.79 Å². The molecule has 120 valence electrons. The van der Waals surface area contributed by atoms with Gasteiger partial charge in [0.2, 0.25) is 0 Å². The third-order valence-electron chi connectivity index (χ3n) is 4.84. The number of piperidine rings is 1. The van der Waals surface area contributed by atoms with Crippen LogP contribution in [0.15, 0.2) is 24.3 Å². The van der Waals surface area contributed by atoms with Crippen molar-refractivity contribution in [1.82, 2.24) is 10.2 Å². The van der Waals surface area contributed by atoms with Gasteiger partial charge in [0.1, 0.15) is 5.75 Å².